The molecule has 2 aliphatic carbocycles. The molecule has 2 saturated heterocycles. The number of hydrogen-bond donors (Lipinski definition) is 3. The molecule has 3 N–H and O–H groups in total. The molecule has 2 unspecified atom stereocenters. The fourth-order valence-electron chi connectivity index (χ4n) is 5.60. The lowest BCUT2D eigenvalue weighted by atomic mass is 9.96. The predicted molar refractivity (Wildman–Crippen MR) is 135 cm³/mol. The van der Waals surface area contributed by atoms with Crippen molar-refractivity contribution in [3.05, 3.63) is 23.9 Å². The average Bonchev–Trinajstić information content (AvgIpc) is 3.40. The minimum atomic E-state index is -0.272. The van der Waals surface area contributed by atoms with Crippen LogP contribution in [0.4, 0.5) is 10.5 Å². The summed E-state index contributed by atoms with van der Waals surface area (Å²) in [5.74, 6) is 1.36. The molecule has 194 valence electrons. The van der Waals surface area contributed by atoms with Crippen LogP contribution in [0, 0.1) is 5.92 Å². The first-order valence-corrected chi connectivity index (χ1v) is 13.2. The van der Waals surface area contributed by atoms with Crippen LogP contribution in [0.15, 0.2) is 23.2 Å². The molecule has 4 aliphatic rings. The highest BCUT2D eigenvalue weighted by molar-refractivity contribution is 5.95. The number of ether oxygens (including phenoxy) is 3. The number of carbonyl (C=O) groups excluding carboxylic acids is 1. The molecule has 10 heteroatoms. The number of amidine groups is 1. The number of nitrogens with zero attached hydrogens (tertiary/aromatic N) is 3. The highest BCUT2D eigenvalue weighted by Crippen LogP contribution is 2.36. The van der Waals surface area contributed by atoms with Crippen molar-refractivity contribution >= 4 is 28.5 Å². The first-order valence-electron chi connectivity index (χ1n) is 13.2. The Bertz CT molecular complexity index is 1150. The largest absolute Gasteiger partial charge is 0.446 e. The molecule has 10 nitrogen and oxygen atoms in total. The smallest absolute Gasteiger partial charge is 0.407 e. The molecule has 2 aliphatic heterocycles. The normalized spacial score (nSPS) is 30.1. The molecule has 0 spiro atoms. The van der Waals surface area contributed by atoms with Crippen molar-refractivity contribution in [2.24, 2.45) is 18.0 Å². The van der Waals surface area contributed by atoms with Crippen LogP contribution in [0.25, 0.3) is 10.9 Å². The fourth-order valence-corrected chi connectivity index (χ4v) is 5.60. The highest BCUT2D eigenvalue weighted by atomic mass is 16.6. The van der Waals surface area contributed by atoms with Gasteiger partial charge in [0, 0.05) is 37.0 Å². The molecule has 6 rings (SSSR count). The van der Waals surface area contributed by atoms with E-state index in [0.717, 1.165) is 79.7 Å². The maximum Gasteiger partial charge on any atom is 0.407 e. The first-order chi connectivity index (χ1) is 17.5. The third-order valence-electron chi connectivity index (χ3n) is 8.01. The number of nitrogens with one attached hydrogen (secondary N) is 3. The number of amides is 1. The zero-order valence-corrected chi connectivity index (χ0v) is 21.1. The third kappa shape index (κ3) is 5.07. The van der Waals surface area contributed by atoms with Gasteiger partial charge in [-0.3, -0.25) is 4.68 Å². The van der Waals surface area contributed by atoms with E-state index in [0.29, 0.717) is 19.1 Å². The molecule has 0 radical (unpaired) electrons. The number of aryl methyl sites for hydroxylation is 1. The van der Waals surface area contributed by atoms with E-state index in [2.05, 4.69) is 29.2 Å². The van der Waals surface area contributed by atoms with Gasteiger partial charge in [0.05, 0.1) is 36.2 Å². The summed E-state index contributed by atoms with van der Waals surface area (Å²) in [5, 5.41) is 8.78. The second kappa shape index (κ2) is 9.64. The number of hydrazine groups is 1. The number of alkyl carbamates (subject to hydrolysis) is 1. The van der Waals surface area contributed by atoms with E-state index >= 15 is 0 Å². The van der Waals surface area contributed by atoms with E-state index < -0.39 is 0 Å². The van der Waals surface area contributed by atoms with Crippen LogP contribution in [0.3, 0.4) is 0 Å². The van der Waals surface area contributed by atoms with Crippen molar-refractivity contribution in [3.63, 3.8) is 0 Å². The number of para-hydroxylation sites is 1. The Labute approximate surface area is 211 Å². The number of aromatic nitrogens is 2. The van der Waals surface area contributed by atoms with Gasteiger partial charge in [0.2, 0.25) is 0 Å². The zero-order valence-electron chi connectivity index (χ0n) is 21.1. The zero-order chi connectivity index (χ0) is 24.7. The van der Waals surface area contributed by atoms with Gasteiger partial charge in [-0.15, -0.1) is 0 Å². The van der Waals surface area contributed by atoms with Crippen LogP contribution < -0.4 is 16.2 Å². The lowest BCUT2D eigenvalue weighted by Crippen LogP contribution is -2.37. The van der Waals surface area contributed by atoms with Crippen LogP contribution in [0.2, 0.25) is 0 Å². The number of hydrogen-bond acceptors (Lipinski definition) is 7. The van der Waals surface area contributed by atoms with Crippen LogP contribution >= 0.6 is 0 Å². The van der Waals surface area contributed by atoms with Gasteiger partial charge in [0.1, 0.15) is 11.9 Å². The molecule has 36 heavy (non-hydrogen) atoms. The Balaban J connectivity index is 1.08. The molecule has 0 bridgehead atoms. The summed E-state index contributed by atoms with van der Waals surface area (Å²) in [4.78, 5) is 17.1. The van der Waals surface area contributed by atoms with E-state index in [4.69, 9.17) is 24.3 Å². The summed E-state index contributed by atoms with van der Waals surface area (Å²) < 4.78 is 19.0. The Morgan fingerprint density at radius 3 is 3.00 bits per heavy atom. The minimum Gasteiger partial charge on any atom is -0.446 e. The quantitative estimate of drug-likeness (QED) is 0.540. The van der Waals surface area contributed by atoms with E-state index in [1.807, 2.05) is 23.9 Å². The fraction of sp³-hybridized carbons (Fsp3) is 0.654. The second-order valence-corrected chi connectivity index (χ2v) is 11.0. The number of aliphatic imine (C=N–C) groups is 1. The standard InChI is InChI=1S/C26H36N6O4/c1-26(9-10-26)28-25(33)36-17-7-6-16(12-17)21-13-23(30-29-21)27-20-5-3-4-19-22(31-32(2)24(19)20)15-35-18-8-11-34-14-18/h3-5,16-18,21,29H,6-15H2,1-2H3,(H,27,30)(H,28,33)/t16-,17+,18?,21?/m0/s1. The van der Waals surface area contributed by atoms with E-state index in [-0.39, 0.29) is 29.9 Å². The van der Waals surface area contributed by atoms with Crippen molar-refractivity contribution < 1.29 is 19.0 Å². The Morgan fingerprint density at radius 2 is 2.19 bits per heavy atom. The van der Waals surface area contributed by atoms with Crippen LogP contribution in [0.5, 0.6) is 0 Å². The molecule has 3 heterocycles. The van der Waals surface area contributed by atoms with Gasteiger partial charge < -0.3 is 25.0 Å². The van der Waals surface area contributed by atoms with Crippen molar-refractivity contribution in [2.75, 3.05) is 13.2 Å². The number of rotatable bonds is 7. The average molecular weight is 497 g/mol. The van der Waals surface area contributed by atoms with Crippen molar-refractivity contribution in [2.45, 2.75) is 82.3 Å². The van der Waals surface area contributed by atoms with Gasteiger partial charge in [0.15, 0.2) is 0 Å². The molecule has 2 aromatic rings. The molecular weight excluding hydrogens is 460 g/mol. The van der Waals surface area contributed by atoms with E-state index in [1.54, 1.807) is 0 Å². The molecule has 2 saturated carbocycles. The summed E-state index contributed by atoms with van der Waals surface area (Å²) in [6.07, 6.45) is 6.50. The number of fused-ring (bicyclic) bond motifs is 1. The van der Waals surface area contributed by atoms with Crippen LogP contribution in [-0.2, 0) is 27.9 Å². The molecule has 4 fully saturated rings. The summed E-state index contributed by atoms with van der Waals surface area (Å²) >= 11 is 0. The molecule has 1 amide bonds. The molecular formula is C26H36N6O4. The topological polar surface area (TPSA) is 111 Å². The Morgan fingerprint density at radius 1 is 1.31 bits per heavy atom. The minimum absolute atomic E-state index is 0.0141. The van der Waals surface area contributed by atoms with Crippen molar-refractivity contribution in [1.29, 1.82) is 0 Å². The van der Waals surface area contributed by atoms with Gasteiger partial charge >= 0.3 is 6.09 Å². The van der Waals surface area contributed by atoms with Crippen molar-refractivity contribution in [3.8, 4) is 0 Å². The lowest BCUT2D eigenvalue weighted by Gasteiger charge is -2.18. The SMILES string of the molecule is Cn1nc(COC2CCOC2)c2cccc(N=C3CC([C@H]4CC[C@@H](OC(=O)NC5(C)CC5)C4)NN3)c21. The molecule has 1 aromatic carbocycles. The third-order valence-corrected chi connectivity index (χ3v) is 8.01. The highest BCUT2D eigenvalue weighted by Gasteiger charge is 2.41. The first kappa shape index (κ1) is 23.7. The van der Waals surface area contributed by atoms with E-state index in [9.17, 15) is 4.79 Å². The Hall–Kier alpha value is -2.69. The molecule has 4 atom stereocenters. The van der Waals surface area contributed by atoms with Crippen molar-refractivity contribution in [1.82, 2.24) is 25.9 Å². The van der Waals surface area contributed by atoms with Crippen LogP contribution in [-0.4, -0.2) is 58.7 Å². The lowest BCUT2D eigenvalue weighted by molar-refractivity contribution is 0.0304. The molecule has 1 aromatic heterocycles. The van der Waals surface area contributed by atoms with Gasteiger partial charge in [-0.05, 0) is 57.4 Å². The van der Waals surface area contributed by atoms with Gasteiger partial charge in [-0.1, -0.05) is 12.1 Å². The predicted octanol–water partition coefficient (Wildman–Crippen LogP) is 3.22. The monoisotopic (exact) mass is 496 g/mol. The van der Waals surface area contributed by atoms with E-state index in [1.165, 1.54) is 0 Å². The maximum absolute atomic E-state index is 12.2. The Kier molecular flexibility index (Phi) is 6.35. The number of carbonyl (C=O) groups is 1. The summed E-state index contributed by atoms with van der Waals surface area (Å²) in [6.45, 7) is 3.95. The maximum atomic E-state index is 12.2. The number of benzene rings is 1. The summed E-state index contributed by atoms with van der Waals surface area (Å²) in [5.41, 5.74) is 9.48. The summed E-state index contributed by atoms with van der Waals surface area (Å²) in [6, 6.07) is 6.40. The second-order valence-electron chi connectivity index (χ2n) is 11.0. The van der Waals surface area contributed by atoms with Gasteiger partial charge in [-0.25, -0.2) is 15.2 Å². The van der Waals surface area contributed by atoms with Gasteiger partial charge in [-0.2, -0.15) is 5.10 Å². The van der Waals surface area contributed by atoms with Gasteiger partial charge in [0.25, 0.3) is 0 Å². The summed E-state index contributed by atoms with van der Waals surface area (Å²) in [7, 11) is 1.95. The van der Waals surface area contributed by atoms with Crippen LogP contribution in [0.1, 0.15) is 57.6 Å².